The molecule has 0 aromatic heterocycles. The number of carbonyl (C=O) groups is 1. The first-order valence-electron chi connectivity index (χ1n) is 4.06. The minimum atomic E-state index is -0.454. The van der Waals surface area contributed by atoms with Gasteiger partial charge in [-0.05, 0) is 20.3 Å². The van der Waals surface area contributed by atoms with Gasteiger partial charge in [-0.25, -0.2) is 4.79 Å². The number of nitrogens with zero attached hydrogens (tertiary/aromatic N) is 1. The van der Waals surface area contributed by atoms with Gasteiger partial charge >= 0.3 is 5.97 Å². The Hall–Kier alpha value is -1.50. The zero-order valence-electron chi connectivity index (χ0n) is 7.91. The van der Waals surface area contributed by atoms with E-state index >= 15 is 0 Å². The molecule has 0 aliphatic rings. The van der Waals surface area contributed by atoms with Gasteiger partial charge in [-0.3, -0.25) is 0 Å². The molecule has 2 N–H and O–H groups in total. The summed E-state index contributed by atoms with van der Waals surface area (Å²) in [5, 5.41) is 8.42. The van der Waals surface area contributed by atoms with Crippen LogP contribution in [-0.4, -0.2) is 12.6 Å². The molecule has 0 fully saturated rings. The number of nitrogens with two attached hydrogens (primary N) is 1. The standard InChI is InChI=1S/C9H14N2O2/c1-7(6-10)3-4-13-9(12)5-8(2)11/h5,7H,3-4,11H2,1-2H3/b8-5-. The molecule has 0 heterocycles. The normalized spacial score (nSPS) is 13.2. The number of ether oxygens (including phenoxy) is 1. The summed E-state index contributed by atoms with van der Waals surface area (Å²) in [5.74, 6) is -0.541. The second kappa shape index (κ2) is 6.06. The van der Waals surface area contributed by atoms with Crippen LogP contribution in [0.5, 0.6) is 0 Å². The van der Waals surface area contributed by atoms with Gasteiger partial charge in [0.2, 0.25) is 0 Å². The average Bonchev–Trinajstić information content (AvgIpc) is 2.02. The first-order valence-corrected chi connectivity index (χ1v) is 4.06. The van der Waals surface area contributed by atoms with Crippen LogP contribution in [0.4, 0.5) is 0 Å². The Morgan fingerprint density at radius 1 is 1.77 bits per heavy atom. The van der Waals surface area contributed by atoms with Crippen molar-refractivity contribution in [3.05, 3.63) is 11.8 Å². The molecular formula is C9H14N2O2. The van der Waals surface area contributed by atoms with Crippen molar-refractivity contribution in [1.82, 2.24) is 0 Å². The van der Waals surface area contributed by atoms with Gasteiger partial charge < -0.3 is 10.5 Å². The lowest BCUT2D eigenvalue weighted by molar-refractivity contribution is -0.138. The van der Waals surface area contributed by atoms with Crippen molar-refractivity contribution in [3.8, 4) is 6.07 Å². The summed E-state index contributed by atoms with van der Waals surface area (Å²) in [6, 6.07) is 2.05. The lowest BCUT2D eigenvalue weighted by Crippen LogP contribution is -2.07. The van der Waals surface area contributed by atoms with E-state index in [0.29, 0.717) is 12.1 Å². The van der Waals surface area contributed by atoms with Crippen LogP contribution in [0.3, 0.4) is 0 Å². The highest BCUT2D eigenvalue weighted by Crippen LogP contribution is 1.99. The van der Waals surface area contributed by atoms with Gasteiger partial charge in [-0.1, -0.05) is 0 Å². The van der Waals surface area contributed by atoms with Crippen LogP contribution < -0.4 is 5.73 Å². The fraction of sp³-hybridized carbons (Fsp3) is 0.556. The van der Waals surface area contributed by atoms with E-state index in [4.69, 9.17) is 15.7 Å². The molecule has 0 aromatic rings. The van der Waals surface area contributed by atoms with Gasteiger partial charge in [0.1, 0.15) is 0 Å². The van der Waals surface area contributed by atoms with Crippen molar-refractivity contribution in [2.24, 2.45) is 11.7 Å². The van der Waals surface area contributed by atoms with Crippen molar-refractivity contribution >= 4 is 5.97 Å². The van der Waals surface area contributed by atoms with Crippen LogP contribution in [0.25, 0.3) is 0 Å². The molecule has 72 valence electrons. The molecule has 4 nitrogen and oxygen atoms in total. The fourth-order valence-electron chi connectivity index (χ4n) is 0.628. The number of hydrogen-bond acceptors (Lipinski definition) is 4. The monoisotopic (exact) mass is 182 g/mol. The van der Waals surface area contributed by atoms with E-state index in [1.54, 1.807) is 13.8 Å². The summed E-state index contributed by atoms with van der Waals surface area (Å²) in [5.41, 5.74) is 5.67. The van der Waals surface area contributed by atoms with Crippen molar-refractivity contribution < 1.29 is 9.53 Å². The molecule has 13 heavy (non-hydrogen) atoms. The summed E-state index contributed by atoms with van der Waals surface area (Å²) < 4.78 is 4.78. The number of allylic oxidation sites excluding steroid dienone is 1. The third-order valence-electron chi connectivity index (χ3n) is 1.36. The lowest BCUT2D eigenvalue weighted by Gasteiger charge is -2.02. The predicted molar refractivity (Wildman–Crippen MR) is 48.3 cm³/mol. The van der Waals surface area contributed by atoms with Gasteiger partial charge in [0, 0.05) is 17.7 Å². The highest BCUT2D eigenvalue weighted by atomic mass is 16.5. The molecule has 0 amide bonds. The molecule has 0 aliphatic heterocycles. The molecule has 1 atom stereocenters. The average molecular weight is 182 g/mol. The Balaban J connectivity index is 3.62. The summed E-state index contributed by atoms with van der Waals surface area (Å²) in [4.78, 5) is 10.9. The van der Waals surface area contributed by atoms with E-state index in [1.165, 1.54) is 6.08 Å². The quantitative estimate of drug-likeness (QED) is 0.518. The van der Waals surface area contributed by atoms with E-state index < -0.39 is 5.97 Å². The Kier molecular flexibility index (Phi) is 5.37. The predicted octanol–water partition coefficient (Wildman–Crippen LogP) is 0.942. The van der Waals surface area contributed by atoms with Gasteiger partial charge in [0.25, 0.3) is 0 Å². The van der Waals surface area contributed by atoms with Crippen molar-refractivity contribution in [1.29, 1.82) is 5.26 Å². The zero-order chi connectivity index (χ0) is 10.3. The first kappa shape index (κ1) is 11.5. The van der Waals surface area contributed by atoms with E-state index in [1.807, 2.05) is 6.07 Å². The molecular weight excluding hydrogens is 168 g/mol. The smallest absolute Gasteiger partial charge is 0.332 e. The highest BCUT2D eigenvalue weighted by Gasteiger charge is 2.02. The van der Waals surface area contributed by atoms with E-state index in [0.717, 1.165) is 0 Å². The Bertz CT molecular complexity index is 236. The maximum absolute atomic E-state index is 10.9. The molecule has 0 saturated carbocycles. The first-order chi connectivity index (χ1) is 6.06. The SMILES string of the molecule is C/C(N)=C/C(=O)OCCC(C)C#N. The Morgan fingerprint density at radius 3 is 2.85 bits per heavy atom. The minimum Gasteiger partial charge on any atom is -0.462 e. The number of rotatable bonds is 4. The molecule has 4 heteroatoms. The van der Waals surface area contributed by atoms with Crippen LogP contribution in [0.1, 0.15) is 20.3 Å². The third kappa shape index (κ3) is 6.88. The van der Waals surface area contributed by atoms with E-state index in [-0.39, 0.29) is 12.5 Å². The lowest BCUT2D eigenvalue weighted by atomic mass is 10.1. The van der Waals surface area contributed by atoms with E-state index in [9.17, 15) is 4.79 Å². The Labute approximate surface area is 78.0 Å². The van der Waals surface area contributed by atoms with Crippen molar-refractivity contribution in [2.75, 3.05) is 6.61 Å². The van der Waals surface area contributed by atoms with Crippen LogP contribution in [0.2, 0.25) is 0 Å². The van der Waals surface area contributed by atoms with Crippen LogP contribution in [0, 0.1) is 17.2 Å². The Morgan fingerprint density at radius 2 is 2.38 bits per heavy atom. The number of hydrogen-bond donors (Lipinski definition) is 1. The number of nitriles is 1. The van der Waals surface area contributed by atoms with Crippen molar-refractivity contribution in [3.63, 3.8) is 0 Å². The molecule has 0 spiro atoms. The fourth-order valence-corrected chi connectivity index (χ4v) is 0.628. The molecule has 0 aliphatic carbocycles. The van der Waals surface area contributed by atoms with Gasteiger partial charge in [0.15, 0.2) is 0 Å². The zero-order valence-corrected chi connectivity index (χ0v) is 7.91. The number of esters is 1. The largest absolute Gasteiger partial charge is 0.462 e. The summed E-state index contributed by atoms with van der Waals surface area (Å²) in [6.45, 7) is 3.65. The maximum Gasteiger partial charge on any atom is 0.332 e. The third-order valence-corrected chi connectivity index (χ3v) is 1.36. The maximum atomic E-state index is 10.9. The molecule has 0 aromatic carbocycles. The van der Waals surface area contributed by atoms with Gasteiger partial charge in [0.05, 0.1) is 12.7 Å². The molecule has 1 unspecified atom stereocenters. The minimum absolute atomic E-state index is 0.0873. The van der Waals surface area contributed by atoms with Crippen molar-refractivity contribution in [2.45, 2.75) is 20.3 Å². The van der Waals surface area contributed by atoms with Crippen LogP contribution in [-0.2, 0) is 9.53 Å². The van der Waals surface area contributed by atoms with Crippen LogP contribution in [0.15, 0.2) is 11.8 Å². The summed E-state index contributed by atoms with van der Waals surface area (Å²) in [6.07, 6.45) is 1.77. The molecule has 0 bridgehead atoms. The van der Waals surface area contributed by atoms with E-state index in [2.05, 4.69) is 0 Å². The summed E-state index contributed by atoms with van der Waals surface area (Å²) >= 11 is 0. The second-order valence-corrected chi connectivity index (χ2v) is 2.87. The van der Waals surface area contributed by atoms with Gasteiger partial charge in [-0.15, -0.1) is 0 Å². The molecule has 0 radical (unpaired) electrons. The second-order valence-electron chi connectivity index (χ2n) is 2.87. The van der Waals surface area contributed by atoms with Crippen LogP contribution >= 0.6 is 0 Å². The number of carbonyl (C=O) groups excluding carboxylic acids is 1. The van der Waals surface area contributed by atoms with Gasteiger partial charge in [-0.2, -0.15) is 5.26 Å². The molecule has 0 saturated heterocycles. The highest BCUT2D eigenvalue weighted by molar-refractivity contribution is 5.82. The topological polar surface area (TPSA) is 76.1 Å². The summed E-state index contributed by atoms with van der Waals surface area (Å²) in [7, 11) is 0. The molecule has 0 rings (SSSR count).